The molecule has 6 heteroatoms. The van der Waals surface area contributed by atoms with E-state index >= 15 is 0 Å². The number of nitrogens with zero attached hydrogens (tertiary/aromatic N) is 3. The molecule has 200 valence electrons. The zero-order valence-electron chi connectivity index (χ0n) is 22.9. The molecular weight excluding hydrogens is 492 g/mol. The summed E-state index contributed by atoms with van der Waals surface area (Å²) in [5, 5.41) is 12.5. The van der Waals surface area contributed by atoms with E-state index in [4.69, 9.17) is 5.10 Å². The predicted molar refractivity (Wildman–Crippen MR) is 165 cm³/mol. The van der Waals surface area contributed by atoms with Crippen molar-refractivity contribution in [1.82, 2.24) is 25.1 Å². The van der Waals surface area contributed by atoms with Gasteiger partial charge in [0.15, 0.2) is 0 Å². The summed E-state index contributed by atoms with van der Waals surface area (Å²) in [5.74, 6) is 0.538. The number of pyridine rings is 2. The molecule has 1 aliphatic carbocycles. The number of hydrogen-bond donors (Lipinski definition) is 3. The van der Waals surface area contributed by atoms with E-state index in [1.807, 2.05) is 36.8 Å². The van der Waals surface area contributed by atoms with Crippen LogP contribution in [0.4, 0.5) is 5.69 Å². The molecule has 0 unspecified atom stereocenters. The van der Waals surface area contributed by atoms with Gasteiger partial charge >= 0.3 is 0 Å². The topological polar surface area (TPSA) is 82.3 Å². The molecule has 0 radical (unpaired) electrons. The zero-order valence-corrected chi connectivity index (χ0v) is 22.9. The minimum Gasteiger partial charge on any atom is -0.358 e. The fourth-order valence-electron chi connectivity index (χ4n) is 5.75. The van der Waals surface area contributed by atoms with Gasteiger partial charge in [0.2, 0.25) is 0 Å². The lowest BCUT2D eigenvalue weighted by molar-refractivity contribution is 0.405. The van der Waals surface area contributed by atoms with Gasteiger partial charge in [-0.15, -0.1) is 0 Å². The van der Waals surface area contributed by atoms with Crippen LogP contribution in [0.5, 0.6) is 0 Å². The van der Waals surface area contributed by atoms with E-state index in [1.165, 1.54) is 32.1 Å². The minimum absolute atomic E-state index is 0.538. The van der Waals surface area contributed by atoms with E-state index in [0.717, 1.165) is 67.2 Å². The van der Waals surface area contributed by atoms with Gasteiger partial charge in [0.1, 0.15) is 5.69 Å². The van der Waals surface area contributed by atoms with Crippen molar-refractivity contribution in [3.63, 3.8) is 0 Å². The molecule has 1 aromatic carbocycles. The number of benzene rings is 1. The van der Waals surface area contributed by atoms with Gasteiger partial charge < -0.3 is 10.3 Å². The minimum atomic E-state index is 0.538. The molecule has 0 amide bonds. The predicted octanol–water partition coefficient (Wildman–Crippen LogP) is 8.45. The van der Waals surface area contributed by atoms with Crippen LogP contribution in [0.25, 0.3) is 39.0 Å². The van der Waals surface area contributed by atoms with Gasteiger partial charge in [-0.05, 0) is 67.2 Å². The van der Waals surface area contributed by atoms with Crippen molar-refractivity contribution >= 4 is 22.2 Å². The number of aromatic nitrogens is 5. The summed E-state index contributed by atoms with van der Waals surface area (Å²) in [5.41, 5.74) is 11.3. The fraction of sp³-hybridized carbons (Fsp3) is 0.206. The third-order valence-electron chi connectivity index (χ3n) is 7.85. The van der Waals surface area contributed by atoms with Crippen LogP contribution in [0.2, 0.25) is 0 Å². The van der Waals surface area contributed by atoms with Gasteiger partial charge in [0, 0.05) is 52.1 Å². The lowest BCUT2D eigenvalue weighted by Crippen LogP contribution is -2.14. The Balaban J connectivity index is 1.32. The lowest BCUT2D eigenvalue weighted by atomic mass is 9.87. The molecule has 1 aliphatic rings. The summed E-state index contributed by atoms with van der Waals surface area (Å²) in [4.78, 5) is 12.4. The quantitative estimate of drug-likeness (QED) is 0.177. The number of anilines is 1. The summed E-state index contributed by atoms with van der Waals surface area (Å²) in [7, 11) is 0. The maximum Gasteiger partial charge on any atom is 0.116 e. The van der Waals surface area contributed by atoms with Gasteiger partial charge in [0.05, 0.1) is 23.1 Å². The Morgan fingerprint density at radius 2 is 1.88 bits per heavy atom. The standard InChI is InChI=1S/C34H34N6/c1-4-9-29(26-12-8-15-35-19-26)30-18-33(38-23(30)3)34-31-17-25(13-14-32(31)39-40-34)27-16-28(21-36-20-27)37-22(2)24-10-6-5-7-11-24/h4,8-9,12-21,24,37-38H,1-2,5-7,10-11H2,3H3,(H,39,40)/b29-9-. The molecule has 1 saturated carbocycles. The van der Waals surface area contributed by atoms with E-state index in [0.29, 0.717) is 5.92 Å². The first-order chi connectivity index (χ1) is 19.6. The highest BCUT2D eigenvalue weighted by Gasteiger charge is 2.18. The number of allylic oxidation sites excluding steroid dienone is 3. The van der Waals surface area contributed by atoms with Crippen molar-refractivity contribution in [2.45, 2.75) is 39.0 Å². The van der Waals surface area contributed by atoms with Crippen LogP contribution in [0.15, 0.2) is 98.3 Å². The highest BCUT2D eigenvalue weighted by Crippen LogP contribution is 2.35. The number of hydrogen-bond acceptors (Lipinski definition) is 4. The molecule has 0 aliphatic heterocycles. The molecule has 4 heterocycles. The van der Waals surface area contributed by atoms with Crippen LogP contribution < -0.4 is 5.32 Å². The Hall–Kier alpha value is -4.71. The SMILES string of the molecule is C=C/C=C(/c1cccnc1)c1cc(-c2n[nH]c3ccc(-c4cncc(NC(=C)C5CCCCC5)c4)cc23)[nH]c1C. The average molecular weight is 527 g/mol. The molecule has 40 heavy (non-hydrogen) atoms. The van der Waals surface area contributed by atoms with Gasteiger partial charge in [-0.2, -0.15) is 5.10 Å². The Morgan fingerprint density at radius 3 is 2.67 bits per heavy atom. The fourth-order valence-corrected chi connectivity index (χ4v) is 5.75. The summed E-state index contributed by atoms with van der Waals surface area (Å²) in [6.45, 7) is 10.3. The molecule has 3 N–H and O–H groups in total. The molecule has 1 fully saturated rings. The molecule has 4 aromatic heterocycles. The van der Waals surface area contributed by atoms with E-state index in [1.54, 1.807) is 6.20 Å². The first kappa shape index (κ1) is 25.6. The Kier molecular flexibility index (Phi) is 7.15. The smallest absolute Gasteiger partial charge is 0.116 e. The second kappa shape index (κ2) is 11.2. The molecule has 0 atom stereocenters. The van der Waals surface area contributed by atoms with Gasteiger partial charge in [0.25, 0.3) is 0 Å². The van der Waals surface area contributed by atoms with Crippen LogP contribution in [0.1, 0.15) is 48.9 Å². The lowest BCUT2D eigenvalue weighted by Gasteiger charge is -2.24. The highest BCUT2D eigenvalue weighted by atomic mass is 15.1. The van der Waals surface area contributed by atoms with Crippen LogP contribution in [0.3, 0.4) is 0 Å². The number of H-pyrrole nitrogens is 2. The van der Waals surface area contributed by atoms with E-state index in [2.05, 4.69) is 81.8 Å². The average Bonchev–Trinajstić information content (AvgIpc) is 3.59. The Bertz CT molecular complexity index is 1700. The molecule has 0 bridgehead atoms. The van der Waals surface area contributed by atoms with Crippen LogP contribution in [0, 0.1) is 12.8 Å². The first-order valence-corrected chi connectivity index (χ1v) is 13.9. The molecule has 6 nitrogen and oxygen atoms in total. The van der Waals surface area contributed by atoms with Gasteiger partial charge in [-0.25, -0.2) is 0 Å². The van der Waals surface area contributed by atoms with Crippen molar-refractivity contribution in [3.05, 3.63) is 115 Å². The van der Waals surface area contributed by atoms with Gasteiger partial charge in [-0.1, -0.05) is 56.7 Å². The third kappa shape index (κ3) is 5.13. The molecule has 6 rings (SSSR count). The zero-order chi connectivity index (χ0) is 27.5. The van der Waals surface area contributed by atoms with Crippen molar-refractivity contribution in [3.8, 4) is 22.5 Å². The molecule has 0 saturated heterocycles. The van der Waals surface area contributed by atoms with Crippen molar-refractivity contribution in [1.29, 1.82) is 0 Å². The van der Waals surface area contributed by atoms with Gasteiger partial charge in [-0.3, -0.25) is 15.1 Å². The van der Waals surface area contributed by atoms with Crippen molar-refractivity contribution in [2.75, 3.05) is 5.32 Å². The number of rotatable bonds is 8. The monoisotopic (exact) mass is 526 g/mol. The Morgan fingerprint density at radius 1 is 1.00 bits per heavy atom. The number of aryl methyl sites for hydroxylation is 1. The van der Waals surface area contributed by atoms with Crippen LogP contribution in [-0.2, 0) is 0 Å². The third-order valence-corrected chi connectivity index (χ3v) is 7.85. The molecule has 5 aromatic rings. The van der Waals surface area contributed by atoms with E-state index in [-0.39, 0.29) is 0 Å². The first-order valence-electron chi connectivity index (χ1n) is 13.9. The summed E-state index contributed by atoms with van der Waals surface area (Å²) >= 11 is 0. The number of nitrogens with one attached hydrogen (secondary N) is 3. The number of fused-ring (bicyclic) bond motifs is 1. The molecule has 0 spiro atoms. The van der Waals surface area contributed by atoms with E-state index < -0.39 is 0 Å². The van der Waals surface area contributed by atoms with E-state index in [9.17, 15) is 0 Å². The second-order valence-corrected chi connectivity index (χ2v) is 10.6. The largest absolute Gasteiger partial charge is 0.358 e. The second-order valence-electron chi connectivity index (χ2n) is 10.6. The number of aromatic amines is 2. The highest BCUT2D eigenvalue weighted by molar-refractivity contribution is 5.96. The van der Waals surface area contributed by atoms with Crippen molar-refractivity contribution in [2.24, 2.45) is 5.92 Å². The summed E-state index contributed by atoms with van der Waals surface area (Å²) in [6, 6.07) is 14.7. The normalized spacial score (nSPS) is 14.4. The van der Waals surface area contributed by atoms with Crippen molar-refractivity contribution < 1.29 is 0 Å². The van der Waals surface area contributed by atoms with Crippen LogP contribution >= 0.6 is 0 Å². The van der Waals surface area contributed by atoms with Crippen LogP contribution in [-0.4, -0.2) is 25.1 Å². The Labute approximate surface area is 235 Å². The summed E-state index contributed by atoms with van der Waals surface area (Å²) in [6.07, 6.45) is 17.6. The maximum atomic E-state index is 4.69. The summed E-state index contributed by atoms with van der Waals surface area (Å²) < 4.78 is 0. The maximum absolute atomic E-state index is 4.69. The molecular formula is C34H34N6.